The number of amides is 1. The largest absolute Gasteiger partial charge is 0.300 e. The second-order valence-electron chi connectivity index (χ2n) is 7.63. The minimum Gasteiger partial charge on any atom is -0.300 e. The summed E-state index contributed by atoms with van der Waals surface area (Å²) >= 11 is 0. The SMILES string of the molecule is CCN(CC)C(C)CNS(=O)(=O)c1ccc(N2C(=O)C(C)(C)CS2(=O)=O)cc1. The van der Waals surface area contributed by atoms with E-state index in [1.165, 1.54) is 24.3 Å². The molecule has 1 heterocycles. The summed E-state index contributed by atoms with van der Waals surface area (Å²) in [5.74, 6) is -0.793. The number of nitrogens with one attached hydrogen (secondary N) is 1. The molecule has 1 fully saturated rings. The molecule has 1 saturated heterocycles. The highest BCUT2D eigenvalue weighted by Gasteiger charge is 2.49. The summed E-state index contributed by atoms with van der Waals surface area (Å²) < 4.78 is 53.1. The van der Waals surface area contributed by atoms with E-state index in [2.05, 4.69) is 9.62 Å². The molecule has 0 spiro atoms. The van der Waals surface area contributed by atoms with Crippen LogP contribution in [0.25, 0.3) is 0 Å². The molecule has 0 bridgehead atoms. The normalized spacial score (nSPS) is 19.9. The van der Waals surface area contributed by atoms with Crippen LogP contribution < -0.4 is 9.03 Å². The zero-order valence-electron chi connectivity index (χ0n) is 17.0. The van der Waals surface area contributed by atoms with Crippen molar-refractivity contribution in [2.75, 3.05) is 29.7 Å². The first-order valence-corrected chi connectivity index (χ1v) is 12.4. The quantitative estimate of drug-likeness (QED) is 0.667. The first kappa shape index (κ1) is 22.8. The topological polar surface area (TPSA) is 104 Å². The second-order valence-corrected chi connectivity index (χ2v) is 11.2. The van der Waals surface area contributed by atoms with Gasteiger partial charge in [-0.25, -0.2) is 25.9 Å². The third kappa shape index (κ3) is 4.56. The number of hydrogen-bond donors (Lipinski definition) is 1. The third-order valence-electron chi connectivity index (χ3n) is 4.97. The van der Waals surface area contributed by atoms with Crippen molar-refractivity contribution >= 4 is 31.6 Å². The molecule has 0 radical (unpaired) electrons. The van der Waals surface area contributed by atoms with Crippen molar-refractivity contribution in [3.05, 3.63) is 24.3 Å². The molecule has 158 valence electrons. The smallest absolute Gasteiger partial charge is 0.247 e. The second kappa shape index (κ2) is 8.10. The van der Waals surface area contributed by atoms with Gasteiger partial charge in [-0.1, -0.05) is 13.8 Å². The lowest BCUT2D eigenvalue weighted by Crippen LogP contribution is -2.41. The summed E-state index contributed by atoms with van der Waals surface area (Å²) in [5, 5.41) is 0. The number of likely N-dealkylation sites (N-methyl/N-ethyl adjacent to an activating group) is 1. The number of sulfonamides is 2. The molecule has 0 aromatic heterocycles. The molecule has 8 nitrogen and oxygen atoms in total. The Morgan fingerprint density at radius 2 is 1.71 bits per heavy atom. The molecule has 1 atom stereocenters. The van der Waals surface area contributed by atoms with E-state index in [1.807, 2.05) is 20.8 Å². The van der Waals surface area contributed by atoms with Crippen LogP contribution in [0.2, 0.25) is 0 Å². The van der Waals surface area contributed by atoms with Crippen LogP contribution in [-0.2, 0) is 24.8 Å². The fourth-order valence-electron chi connectivity index (χ4n) is 3.31. The van der Waals surface area contributed by atoms with E-state index in [4.69, 9.17) is 0 Å². The Bertz CT molecular complexity index is 920. The van der Waals surface area contributed by atoms with E-state index in [0.717, 1.165) is 17.4 Å². The molecule has 1 aliphatic heterocycles. The van der Waals surface area contributed by atoms with E-state index >= 15 is 0 Å². The summed E-state index contributed by atoms with van der Waals surface area (Å²) in [5.41, 5.74) is -0.864. The van der Waals surface area contributed by atoms with E-state index in [9.17, 15) is 21.6 Å². The molecular formula is C18H29N3O5S2. The van der Waals surface area contributed by atoms with Gasteiger partial charge in [0.25, 0.3) is 0 Å². The van der Waals surface area contributed by atoms with Crippen molar-refractivity contribution in [1.82, 2.24) is 9.62 Å². The first-order chi connectivity index (χ1) is 12.9. The van der Waals surface area contributed by atoms with Crippen LogP contribution in [0.3, 0.4) is 0 Å². The van der Waals surface area contributed by atoms with Crippen molar-refractivity contribution in [3.63, 3.8) is 0 Å². The maximum atomic E-state index is 12.5. The summed E-state index contributed by atoms with van der Waals surface area (Å²) in [4.78, 5) is 14.6. The number of rotatable bonds is 8. The van der Waals surface area contributed by atoms with Gasteiger partial charge >= 0.3 is 0 Å². The van der Waals surface area contributed by atoms with Crippen molar-refractivity contribution in [1.29, 1.82) is 0 Å². The Labute approximate surface area is 168 Å². The zero-order chi connectivity index (χ0) is 21.3. The molecular weight excluding hydrogens is 402 g/mol. The number of carbonyl (C=O) groups is 1. The lowest BCUT2D eigenvalue weighted by Gasteiger charge is -2.26. The van der Waals surface area contributed by atoms with Crippen molar-refractivity contribution in [3.8, 4) is 0 Å². The van der Waals surface area contributed by atoms with Crippen LogP contribution in [-0.4, -0.2) is 59.1 Å². The molecule has 0 saturated carbocycles. The van der Waals surface area contributed by atoms with Gasteiger partial charge in [0, 0.05) is 12.6 Å². The van der Waals surface area contributed by atoms with Crippen molar-refractivity contribution in [2.45, 2.75) is 45.6 Å². The third-order valence-corrected chi connectivity index (χ3v) is 8.43. The predicted molar refractivity (Wildman–Crippen MR) is 109 cm³/mol. The minimum absolute atomic E-state index is 0.0197. The number of carbonyl (C=O) groups excluding carboxylic acids is 1. The molecule has 10 heteroatoms. The van der Waals surface area contributed by atoms with Crippen LogP contribution >= 0.6 is 0 Å². The van der Waals surface area contributed by atoms with Crippen molar-refractivity contribution in [2.24, 2.45) is 5.41 Å². The van der Waals surface area contributed by atoms with Gasteiger partial charge < -0.3 is 0 Å². The number of benzene rings is 1. The van der Waals surface area contributed by atoms with E-state index in [0.29, 0.717) is 0 Å². The molecule has 28 heavy (non-hydrogen) atoms. The van der Waals surface area contributed by atoms with Crippen LogP contribution in [0.4, 0.5) is 5.69 Å². The number of nitrogens with zero attached hydrogens (tertiary/aromatic N) is 2. The number of anilines is 1. The Balaban J connectivity index is 2.19. The van der Waals surface area contributed by atoms with Gasteiger partial charge in [0.2, 0.25) is 26.0 Å². The summed E-state index contributed by atoms with van der Waals surface area (Å²) in [6.45, 7) is 11.0. The number of hydrogen-bond acceptors (Lipinski definition) is 6. The van der Waals surface area contributed by atoms with Gasteiger partial charge in [0.05, 0.1) is 21.8 Å². The molecule has 1 unspecified atom stereocenters. The Hall–Kier alpha value is -1.49. The van der Waals surface area contributed by atoms with E-state index in [-0.39, 0.29) is 28.9 Å². The molecule has 1 aromatic rings. The minimum atomic E-state index is -3.77. The standard InChI is InChI=1S/C18H29N3O5S2/c1-6-20(7-2)14(3)12-19-28(25,26)16-10-8-15(9-11-16)21-17(22)18(4,5)13-27(21,23)24/h8-11,14,19H,6-7,12-13H2,1-5H3. The molecule has 1 aromatic carbocycles. The average Bonchev–Trinajstić information content (AvgIpc) is 2.77. The summed E-state index contributed by atoms with van der Waals surface area (Å²) in [6, 6.07) is 5.36. The monoisotopic (exact) mass is 431 g/mol. The average molecular weight is 432 g/mol. The van der Waals surface area contributed by atoms with Gasteiger partial charge in [0.15, 0.2) is 0 Å². The van der Waals surface area contributed by atoms with Gasteiger partial charge in [-0.2, -0.15) is 0 Å². The molecule has 1 amide bonds. The lowest BCUT2D eigenvalue weighted by atomic mass is 9.95. The Morgan fingerprint density at radius 1 is 1.18 bits per heavy atom. The predicted octanol–water partition coefficient (Wildman–Crippen LogP) is 1.40. The summed E-state index contributed by atoms with van der Waals surface area (Å²) in [6.07, 6.45) is 0. The highest BCUT2D eigenvalue weighted by molar-refractivity contribution is 7.94. The van der Waals surface area contributed by atoms with Gasteiger partial charge in [-0.15, -0.1) is 0 Å². The highest BCUT2D eigenvalue weighted by atomic mass is 32.2. The summed E-state index contributed by atoms with van der Waals surface area (Å²) in [7, 11) is -7.51. The van der Waals surface area contributed by atoms with Gasteiger partial charge in [0.1, 0.15) is 0 Å². The van der Waals surface area contributed by atoms with Gasteiger partial charge in [-0.3, -0.25) is 9.69 Å². The fourth-order valence-corrected chi connectivity index (χ4v) is 6.54. The van der Waals surface area contributed by atoms with Crippen LogP contribution in [0, 0.1) is 5.41 Å². The molecule has 0 aliphatic carbocycles. The van der Waals surface area contributed by atoms with Crippen molar-refractivity contribution < 1.29 is 21.6 Å². The molecule has 1 N–H and O–H groups in total. The first-order valence-electron chi connectivity index (χ1n) is 9.27. The van der Waals surface area contributed by atoms with Crippen LogP contribution in [0.5, 0.6) is 0 Å². The Kier molecular flexibility index (Phi) is 6.59. The van der Waals surface area contributed by atoms with Crippen LogP contribution in [0.1, 0.15) is 34.6 Å². The maximum Gasteiger partial charge on any atom is 0.247 e. The van der Waals surface area contributed by atoms with Gasteiger partial charge in [-0.05, 0) is 58.1 Å². The Morgan fingerprint density at radius 3 is 2.14 bits per heavy atom. The zero-order valence-corrected chi connectivity index (χ0v) is 18.6. The molecule has 2 rings (SSSR count). The maximum absolute atomic E-state index is 12.5. The fraction of sp³-hybridized carbons (Fsp3) is 0.611. The van der Waals surface area contributed by atoms with E-state index in [1.54, 1.807) is 13.8 Å². The van der Waals surface area contributed by atoms with E-state index < -0.39 is 31.4 Å². The van der Waals surface area contributed by atoms with Crippen LogP contribution in [0.15, 0.2) is 29.2 Å². The lowest BCUT2D eigenvalue weighted by molar-refractivity contribution is -0.123. The highest BCUT2D eigenvalue weighted by Crippen LogP contribution is 2.35. The molecule has 1 aliphatic rings.